The lowest BCUT2D eigenvalue weighted by Crippen LogP contribution is -2.23. The molecular weight excluding hydrogens is 234 g/mol. The maximum absolute atomic E-state index is 11.7. The molecule has 1 aromatic rings. The Morgan fingerprint density at radius 2 is 2.41 bits per heavy atom. The van der Waals surface area contributed by atoms with E-state index in [1.165, 1.54) is 17.5 Å². The molecule has 0 amide bonds. The van der Waals surface area contributed by atoms with Gasteiger partial charge in [0.15, 0.2) is 0 Å². The smallest absolute Gasteiger partial charge is 0.268 e. The Labute approximate surface area is 106 Å². The summed E-state index contributed by atoms with van der Waals surface area (Å²) in [6.07, 6.45) is 4.37. The third-order valence-electron chi connectivity index (χ3n) is 2.81. The molecule has 1 fully saturated rings. The average Bonchev–Trinajstić information content (AvgIpc) is 3.13. The monoisotopic (exact) mass is 253 g/mol. The largest absolute Gasteiger partial charge is 0.383 e. The van der Waals surface area contributed by atoms with Crippen molar-refractivity contribution in [3.05, 3.63) is 22.6 Å². The molecule has 0 unspecified atom stereocenters. The van der Waals surface area contributed by atoms with E-state index < -0.39 is 0 Å². The predicted molar refractivity (Wildman–Crippen MR) is 72.7 cm³/mol. The number of nitrogens with one attached hydrogen (secondary N) is 1. The highest BCUT2D eigenvalue weighted by Gasteiger charge is 2.20. The molecule has 94 valence electrons. The van der Waals surface area contributed by atoms with Crippen molar-refractivity contribution < 1.29 is 0 Å². The Hall–Kier alpha value is -0.970. The summed E-state index contributed by atoms with van der Waals surface area (Å²) in [6, 6.07) is 1.64. The van der Waals surface area contributed by atoms with E-state index in [0.717, 1.165) is 29.7 Å². The highest BCUT2D eigenvalue weighted by molar-refractivity contribution is 7.99. The molecule has 1 N–H and O–H groups in total. The second-order valence-corrected chi connectivity index (χ2v) is 5.72. The van der Waals surface area contributed by atoms with Gasteiger partial charge in [-0.15, -0.1) is 0 Å². The molecule has 0 saturated heterocycles. The van der Waals surface area contributed by atoms with Crippen LogP contribution >= 0.6 is 11.8 Å². The molecule has 5 heteroatoms. The summed E-state index contributed by atoms with van der Waals surface area (Å²) >= 11 is 1.82. The first-order valence-corrected chi connectivity index (χ1v) is 7.34. The van der Waals surface area contributed by atoms with Crippen molar-refractivity contribution in [2.45, 2.75) is 26.3 Å². The summed E-state index contributed by atoms with van der Waals surface area (Å²) in [5.74, 6) is 2.83. The molecule has 0 spiro atoms. The van der Waals surface area contributed by atoms with Gasteiger partial charge in [-0.05, 0) is 24.5 Å². The summed E-state index contributed by atoms with van der Waals surface area (Å²) in [6.45, 7) is 3.78. The maximum Gasteiger partial charge on any atom is 0.268 e. The number of aromatic nitrogens is 2. The molecule has 1 heterocycles. The topological polar surface area (TPSA) is 46.9 Å². The number of nitrogens with zero attached hydrogens (tertiary/aromatic N) is 2. The standard InChI is InChI=1S/C12H19N3OS/c1-2-17-6-5-15-12(16)7-11(9-14-15)13-8-10-3-4-10/h7,9-10,13H,2-6,8H2,1H3. The second-order valence-electron chi connectivity index (χ2n) is 4.33. The quantitative estimate of drug-likeness (QED) is 0.753. The van der Waals surface area contributed by atoms with Gasteiger partial charge in [0, 0.05) is 18.4 Å². The number of thioether (sulfide) groups is 1. The number of hydrogen-bond donors (Lipinski definition) is 1. The molecule has 0 bridgehead atoms. The minimum Gasteiger partial charge on any atom is -0.383 e. The fourth-order valence-corrected chi connectivity index (χ4v) is 2.17. The van der Waals surface area contributed by atoms with Crippen molar-refractivity contribution in [3.63, 3.8) is 0 Å². The van der Waals surface area contributed by atoms with Crippen LogP contribution in [0, 0.1) is 5.92 Å². The lowest BCUT2D eigenvalue weighted by molar-refractivity contribution is 0.621. The van der Waals surface area contributed by atoms with Crippen LogP contribution in [-0.4, -0.2) is 27.8 Å². The Balaban J connectivity index is 1.88. The van der Waals surface area contributed by atoms with Gasteiger partial charge in [-0.25, -0.2) is 4.68 Å². The molecule has 0 atom stereocenters. The van der Waals surface area contributed by atoms with Crippen molar-refractivity contribution in [1.29, 1.82) is 0 Å². The van der Waals surface area contributed by atoms with Crippen molar-refractivity contribution in [3.8, 4) is 0 Å². The molecule has 2 rings (SSSR count). The van der Waals surface area contributed by atoms with Crippen LogP contribution < -0.4 is 10.9 Å². The minimum absolute atomic E-state index is 0.0116. The van der Waals surface area contributed by atoms with E-state index in [9.17, 15) is 4.79 Å². The lowest BCUT2D eigenvalue weighted by atomic mass is 10.4. The third-order valence-corrected chi connectivity index (χ3v) is 3.69. The summed E-state index contributed by atoms with van der Waals surface area (Å²) < 4.78 is 1.53. The van der Waals surface area contributed by atoms with Crippen molar-refractivity contribution in [2.75, 3.05) is 23.4 Å². The first kappa shape index (κ1) is 12.5. The Morgan fingerprint density at radius 3 is 3.06 bits per heavy atom. The predicted octanol–water partition coefficient (Wildman–Crippen LogP) is 1.82. The molecule has 4 nitrogen and oxygen atoms in total. The van der Waals surface area contributed by atoms with E-state index in [4.69, 9.17) is 0 Å². The van der Waals surface area contributed by atoms with E-state index in [1.807, 2.05) is 11.8 Å². The molecule has 1 saturated carbocycles. The zero-order valence-electron chi connectivity index (χ0n) is 10.2. The van der Waals surface area contributed by atoms with E-state index in [0.29, 0.717) is 6.54 Å². The first-order valence-electron chi connectivity index (χ1n) is 6.18. The van der Waals surface area contributed by atoms with Crippen molar-refractivity contribution in [2.24, 2.45) is 5.92 Å². The third kappa shape index (κ3) is 4.07. The number of anilines is 1. The van der Waals surface area contributed by atoms with Gasteiger partial charge in [0.25, 0.3) is 5.56 Å². The van der Waals surface area contributed by atoms with E-state index in [1.54, 1.807) is 12.3 Å². The molecule has 17 heavy (non-hydrogen) atoms. The van der Waals surface area contributed by atoms with Gasteiger partial charge in [-0.2, -0.15) is 16.9 Å². The van der Waals surface area contributed by atoms with Crippen molar-refractivity contribution >= 4 is 17.4 Å². The maximum atomic E-state index is 11.7. The highest BCUT2D eigenvalue weighted by atomic mass is 32.2. The molecule has 0 radical (unpaired) electrons. The van der Waals surface area contributed by atoms with Gasteiger partial charge < -0.3 is 5.32 Å². The van der Waals surface area contributed by atoms with Gasteiger partial charge >= 0.3 is 0 Å². The SMILES string of the molecule is CCSCCn1ncc(NCC2CC2)cc1=O. The van der Waals surface area contributed by atoms with Crippen LogP contribution in [0.1, 0.15) is 19.8 Å². The number of rotatable bonds is 7. The Kier molecular flexibility index (Phi) is 4.48. The van der Waals surface area contributed by atoms with Crippen LogP contribution in [0.25, 0.3) is 0 Å². The van der Waals surface area contributed by atoms with Crippen LogP contribution in [0.4, 0.5) is 5.69 Å². The molecular formula is C12H19N3OS. The second kappa shape index (κ2) is 6.10. The van der Waals surface area contributed by atoms with Crippen LogP contribution in [0.2, 0.25) is 0 Å². The average molecular weight is 253 g/mol. The van der Waals surface area contributed by atoms with Gasteiger partial charge in [0.05, 0.1) is 18.4 Å². The molecule has 0 aromatic carbocycles. The van der Waals surface area contributed by atoms with Gasteiger partial charge in [0.1, 0.15) is 0 Å². The normalized spacial score (nSPS) is 14.9. The van der Waals surface area contributed by atoms with Crippen LogP contribution in [0.15, 0.2) is 17.1 Å². The van der Waals surface area contributed by atoms with Crippen LogP contribution in [0.3, 0.4) is 0 Å². The fourth-order valence-electron chi connectivity index (χ4n) is 1.58. The highest BCUT2D eigenvalue weighted by Crippen LogP contribution is 2.28. The molecule has 1 aromatic heterocycles. The molecule has 0 aliphatic heterocycles. The summed E-state index contributed by atoms with van der Waals surface area (Å²) in [5, 5.41) is 7.44. The van der Waals surface area contributed by atoms with Gasteiger partial charge in [0.2, 0.25) is 0 Å². The summed E-state index contributed by atoms with van der Waals surface area (Å²) in [7, 11) is 0. The van der Waals surface area contributed by atoms with Crippen LogP contribution in [-0.2, 0) is 6.54 Å². The van der Waals surface area contributed by atoms with Gasteiger partial charge in [-0.3, -0.25) is 4.79 Å². The molecule has 1 aliphatic carbocycles. The lowest BCUT2D eigenvalue weighted by Gasteiger charge is -2.07. The molecule has 1 aliphatic rings. The van der Waals surface area contributed by atoms with E-state index >= 15 is 0 Å². The Bertz CT molecular complexity index is 414. The van der Waals surface area contributed by atoms with Crippen LogP contribution in [0.5, 0.6) is 0 Å². The van der Waals surface area contributed by atoms with Crippen molar-refractivity contribution in [1.82, 2.24) is 9.78 Å². The number of aryl methyl sites for hydroxylation is 1. The zero-order valence-corrected chi connectivity index (χ0v) is 11.0. The summed E-state index contributed by atoms with van der Waals surface area (Å²) in [4.78, 5) is 11.7. The Morgan fingerprint density at radius 1 is 1.59 bits per heavy atom. The fraction of sp³-hybridized carbons (Fsp3) is 0.667. The minimum atomic E-state index is -0.0116. The van der Waals surface area contributed by atoms with E-state index in [2.05, 4.69) is 17.3 Å². The van der Waals surface area contributed by atoms with E-state index in [-0.39, 0.29) is 5.56 Å². The first-order chi connectivity index (χ1) is 8.29. The summed E-state index contributed by atoms with van der Waals surface area (Å²) in [5.41, 5.74) is 0.837. The number of hydrogen-bond acceptors (Lipinski definition) is 4. The zero-order chi connectivity index (χ0) is 12.1. The van der Waals surface area contributed by atoms with Gasteiger partial charge in [-0.1, -0.05) is 6.92 Å².